The summed E-state index contributed by atoms with van der Waals surface area (Å²) in [6.45, 7) is 1.88. The van der Waals surface area contributed by atoms with Crippen molar-refractivity contribution in [2.45, 2.75) is 6.92 Å². The summed E-state index contributed by atoms with van der Waals surface area (Å²) in [6, 6.07) is 0. The third-order valence-electron chi connectivity index (χ3n) is 0.820. The topological polar surface area (TPSA) is 30.0 Å². The number of carbonyl (C=O) groups excluding carboxylic acids is 1. The van der Waals surface area contributed by atoms with E-state index >= 15 is 0 Å². The molecule has 0 saturated carbocycles. The van der Waals surface area contributed by atoms with E-state index in [1.165, 1.54) is 11.3 Å². The molecule has 1 aromatic heterocycles. The Bertz CT molecular complexity index is 233. The number of thiazole rings is 1. The Hall–Kier alpha value is 0.0300. The van der Waals surface area contributed by atoms with Gasteiger partial charge in [0.15, 0.2) is 0 Å². The molecule has 0 aliphatic heterocycles. The van der Waals surface area contributed by atoms with Crippen LogP contribution in [0.25, 0.3) is 0 Å². The smallest absolute Gasteiger partial charge is 0.241 e. The van der Waals surface area contributed by atoms with Gasteiger partial charge in [-0.05, 0) is 6.92 Å². The van der Waals surface area contributed by atoms with Gasteiger partial charge in [0.1, 0.15) is 5.69 Å². The third-order valence-corrected chi connectivity index (χ3v) is 2.15. The summed E-state index contributed by atoms with van der Waals surface area (Å²) in [6.07, 6.45) is 0. The van der Waals surface area contributed by atoms with E-state index in [0.29, 0.717) is 5.69 Å². The Kier molecular flexibility index (Phi) is 2.18. The highest BCUT2D eigenvalue weighted by Gasteiger charge is 2.02. The van der Waals surface area contributed by atoms with E-state index < -0.39 is 0 Å². The zero-order valence-corrected chi connectivity index (χ0v) is 7.69. The number of hydrogen-bond acceptors (Lipinski definition) is 3. The van der Waals surface area contributed by atoms with Crippen LogP contribution in [0.1, 0.15) is 15.5 Å². The monoisotopic (exact) mass is 253 g/mol. The largest absolute Gasteiger partial charge is 0.280 e. The van der Waals surface area contributed by atoms with E-state index in [-0.39, 0.29) is 3.79 Å². The fourth-order valence-corrected chi connectivity index (χ4v) is 1.53. The lowest BCUT2D eigenvalue weighted by Gasteiger charge is -1.78. The van der Waals surface area contributed by atoms with Crippen LogP contribution in [0.4, 0.5) is 0 Å². The van der Waals surface area contributed by atoms with Crippen LogP contribution >= 0.6 is 33.9 Å². The number of rotatable bonds is 1. The van der Waals surface area contributed by atoms with E-state index in [1.807, 2.05) is 6.92 Å². The van der Waals surface area contributed by atoms with Crippen molar-refractivity contribution in [3.63, 3.8) is 0 Å². The first-order valence-electron chi connectivity index (χ1n) is 2.32. The molecule has 0 aliphatic rings. The number of nitrogens with zero attached hydrogens (tertiary/aromatic N) is 1. The molecule has 0 radical (unpaired) electrons. The van der Waals surface area contributed by atoms with Crippen molar-refractivity contribution >= 4 is 37.7 Å². The Morgan fingerprint density at radius 2 is 2.56 bits per heavy atom. The van der Waals surface area contributed by atoms with Gasteiger partial charge in [-0.3, -0.25) is 4.79 Å². The van der Waals surface area contributed by atoms with Crippen LogP contribution < -0.4 is 0 Å². The zero-order chi connectivity index (χ0) is 6.85. The van der Waals surface area contributed by atoms with Gasteiger partial charge in [0.25, 0.3) is 0 Å². The SMILES string of the molecule is Cc1nc(C(=O)I)cs1. The lowest BCUT2D eigenvalue weighted by atomic mass is 10.6. The fourth-order valence-electron chi connectivity index (χ4n) is 0.454. The van der Waals surface area contributed by atoms with Gasteiger partial charge in [-0.1, -0.05) is 0 Å². The quantitative estimate of drug-likeness (QED) is 0.566. The number of halogens is 1. The van der Waals surface area contributed by atoms with Gasteiger partial charge in [-0.25, -0.2) is 4.98 Å². The number of aromatic nitrogens is 1. The highest BCUT2D eigenvalue weighted by Crippen LogP contribution is 2.10. The van der Waals surface area contributed by atoms with Crippen molar-refractivity contribution in [3.05, 3.63) is 16.1 Å². The summed E-state index contributed by atoms with van der Waals surface area (Å²) in [4.78, 5) is 14.6. The van der Waals surface area contributed by atoms with Gasteiger partial charge >= 0.3 is 0 Å². The normalized spacial score (nSPS) is 9.56. The number of aryl methyl sites for hydroxylation is 1. The molecule has 0 aliphatic carbocycles. The van der Waals surface area contributed by atoms with Crippen LogP contribution in [0.2, 0.25) is 0 Å². The van der Waals surface area contributed by atoms with Crippen LogP contribution in [-0.2, 0) is 0 Å². The molecule has 1 heterocycles. The number of hydrogen-bond donors (Lipinski definition) is 0. The van der Waals surface area contributed by atoms with E-state index in [2.05, 4.69) is 4.98 Å². The molecule has 1 aromatic rings. The van der Waals surface area contributed by atoms with Gasteiger partial charge < -0.3 is 0 Å². The van der Waals surface area contributed by atoms with Crippen molar-refractivity contribution in [1.82, 2.24) is 4.98 Å². The molecule has 48 valence electrons. The maximum atomic E-state index is 10.6. The molecule has 0 aromatic carbocycles. The Labute approximate surface area is 70.4 Å². The first-order chi connectivity index (χ1) is 4.20. The predicted molar refractivity (Wildman–Crippen MR) is 45.2 cm³/mol. The first kappa shape index (κ1) is 7.14. The van der Waals surface area contributed by atoms with Gasteiger partial charge in [0.05, 0.1) is 5.01 Å². The number of carbonyl (C=O) groups is 1. The lowest BCUT2D eigenvalue weighted by Crippen LogP contribution is -1.85. The van der Waals surface area contributed by atoms with Crippen molar-refractivity contribution in [2.24, 2.45) is 0 Å². The second kappa shape index (κ2) is 2.74. The zero-order valence-electron chi connectivity index (χ0n) is 4.72. The molecular formula is C5H4INOS. The molecule has 2 nitrogen and oxygen atoms in total. The molecule has 1 rings (SSSR count). The minimum atomic E-state index is 0.0111. The Morgan fingerprint density at radius 1 is 1.89 bits per heavy atom. The van der Waals surface area contributed by atoms with Crippen LogP contribution in [0, 0.1) is 6.92 Å². The molecule has 0 fully saturated rings. The second-order valence-corrected chi connectivity index (χ2v) is 3.57. The molecule has 4 heteroatoms. The van der Waals surface area contributed by atoms with Crippen molar-refractivity contribution in [2.75, 3.05) is 0 Å². The molecule has 9 heavy (non-hydrogen) atoms. The van der Waals surface area contributed by atoms with Gasteiger partial charge in [-0.15, -0.1) is 11.3 Å². The maximum absolute atomic E-state index is 10.6. The second-order valence-electron chi connectivity index (χ2n) is 1.53. The summed E-state index contributed by atoms with van der Waals surface area (Å²) >= 11 is 3.22. The Balaban J connectivity index is 2.98. The van der Waals surface area contributed by atoms with E-state index in [4.69, 9.17) is 0 Å². The van der Waals surface area contributed by atoms with Gasteiger partial charge in [0.2, 0.25) is 3.79 Å². The summed E-state index contributed by atoms with van der Waals surface area (Å²) in [5.41, 5.74) is 0.568. The molecular weight excluding hydrogens is 249 g/mol. The molecule has 0 N–H and O–H groups in total. The van der Waals surface area contributed by atoms with E-state index in [0.717, 1.165) is 5.01 Å². The summed E-state index contributed by atoms with van der Waals surface area (Å²) in [5.74, 6) is 0. The van der Waals surface area contributed by atoms with Gasteiger partial charge in [0, 0.05) is 28.0 Å². The highest BCUT2D eigenvalue weighted by molar-refractivity contribution is 14.1. The average Bonchev–Trinajstić information content (AvgIpc) is 2.14. The van der Waals surface area contributed by atoms with Crippen LogP contribution in [-0.4, -0.2) is 8.77 Å². The third kappa shape index (κ3) is 1.72. The first-order valence-corrected chi connectivity index (χ1v) is 4.28. The minimum absolute atomic E-state index is 0.0111. The molecule has 0 bridgehead atoms. The Morgan fingerprint density at radius 3 is 2.78 bits per heavy atom. The standard InChI is InChI=1S/C5H4INOS/c1-3-7-4(2-9-3)5(6)8/h2H,1H3. The minimum Gasteiger partial charge on any atom is -0.280 e. The molecule has 0 atom stereocenters. The molecule has 0 unspecified atom stereocenters. The van der Waals surface area contributed by atoms with Crippen LogP contribution in [0.5, 0.6) is 0 Å². The van der Waals surface area contributed by atoms with Crippen molar-refractivity contribution in [3.8, 4) is 0 Å². The predicted octanol–water partition coefficient (Wildman–Crippen LogP) is 2.03. The molecule has 0 amide bonds. The fraction of sp³-hybridized carbons (Fsp3) is 0.200. The lowest BCUT2D eigenvalue weighted by molar-refractivity contribution is 0.110. The highest BCUT2D eigenvalue weighted by atomic mass is 127. The van der Waals surface area contributed by atoms with Crippen molar-refractivity contribution < 1.29 is 4.79 Å². The maximum Gasteiger partial charge on any atom is 0.241 e. The van der Waals surface area contributed by atoms with E-state index in [9.17, 15) is 4.79 Å². The summed E-state index contributed by atoms with van der Waals surface area (Å²) in [7, 11) is 0. The van der Waals surface area contributed by atoms with Crippen LogP contribution in [0.15, 0.2) is 5.38 Å². The van der Waals surface area contributed by atoms with Gasteiger partial charge in [-0.2, -0.15) is 0 Å². The molecule has 0 spiro atoms. The molecule has 0 saturated heterocycles. The summed E-state index contributed by atoms with van der Waals surface area (Å²) in [5, 5.41) is 2.71. The van der Waals surface area contributed by atoms with E-state index in [1.54, 1.807) is 28.0 Å². The average molecular weight is 253 g/mol. The van der Waals surface area contributed by atoms with Crippen LogP contribution in [0.3, 0.4) is 0 Å². The summed E-state index contributed by atoms with van der Waals surface area (Å²) < 4.78 is 0.0111. The van der Waals surface area contributed by atoms with Crippen molar-refractivity contribution in [1.29, 1.82) is 0 Å².